The number of thiophene rings is 1. The molecule has 1 amide bonds. The van der Waals surface area contributed by atoms with E-state index in [-0.39, 0.29) is 12.0 Å². The number of hydrogen-bond donors (Lipinski definition) is 2. The molecule has 1 atom stereocenters. The van der Waals surface area contributed by atoms with E-state index in [0.29, 0.717) is 13.2 Å². The van der Waals surface area contributed by atoms with Gasteiger partial charge in [0.1, 0.15) is 23.1 Å². The van der Waals surface area contributed by atoms with Gasteiger partial charge in [-0.2, -0.15) is 0 Å². The van der Waals surface area contributed by atoms with Gasteiger partial charge in [0.25, 0.3) is 5.91 Å². The predicted molar refractivity (Wildman–Crippen MR) is 98.8 cm³/mol. The molecular weight excluding hydrogens is 336 g/mol. The number of nitrogens with zero attached hydrogens (tertiary/aromatic N) is 2. The predicted octanol–water partition coefficient (Wildman–Crippen LogP) is 3.42. The summed E-state index contributed by atoms with van der Waals surface area (Å²) in [5, 5.41) is 9.31. The molecule has 0 spiro atoms. The summed E-state index contributed by atoms with van der Waals surface area (Å²) < 4.78 is 5.42. The summed E-state index contributed by atoms with van der Waals surface area (Å²) in [7, 11) is 0. The SMILES string of the molecule is O=C(Nc1cccc(CNc2ncnc3sccc23)c1)[C@@H]1CCCO1. The molecule has 2 N–H and O–H groups in total. The summed E-state index contributed by atoms with van der Waals surface area (Å²) in [5.41, 5.74) is 1.84. The van der Waals surface area contributed by atoms with Crippen molar-refractivity contribution in [3.8, 4) is 0 Å². The molecule has 1 aromatic carbocycles. The van der Waals surface area contributed by atoms with Gasteiger partial charge in [-0.05, 0) is 42.0 Å². The lowest BCUT2D eigenvalue weighted by Gasteiger charge is -2.12. The van der Waals surface area contributed by atoms with Crippen molar-refractivity contribution in [3.63, 3.8) is 0 Å². The zero-order chi connectivity index (χ0) is 17.1. The number of fused-ring (bicyclic) bond motifs is 1. The number of aromatic nitrogens is 2. The van der Waals surface area contributed by atoms with Crippen molar-refractivity contribution in [2.75, 3.05) is 17.2 Å². The van der Waals surface area contributed by atoms with E-state index >= 15 is 0 Å². The van der Waals surface area contributed by atoms with Crippen LogP contribution in [0.4, 0.5) is 11.5 Å². The third-order valence-electron chi connectivity index (χ3n) is 4.14. The molecule has 0 radical (unpaired) electrons. The number of hydrogen-bond acceptors (Lipinski definition) is 6. The molecule has 6 nitrogen and oxygen atoms in total. The summed E-state index contributed by atoms with van der Waals surface area (Å²) in [6, 6.07) is 9.81. The molecule has 2 aromatic heterocycles. The van der Waals surface area contributed by atoms with E-state index in [2.05, 4.69) is 20.6 Å². The normalized spacial score (nSPS) is 16.9. The van der Waals surface area contributed by atoms with Crippen molar-refractivity contribution in [1.29, 1.82) is 0 Å². The lowest BCUT2D eigenvalue weighted by molar-refractivity contribution is -0.124. The number of carbonyl (C=O) groups excluding carboxylic acids is 1. The number of carbonyl (C=O) groups is 1. The fourth-order valence-electron chi connectivity index (χ4n) is 2.88. The highest BCUT2D eigenvalue weighted by molar-refractivity contribution is 7.16. The summed E-state index contributed by atoms with van der Waals surface area (Å²) in [6.45, 7) is 1.28. The molecule has 7 heteroatoms. The van der Waals surface area contributed by atoms with Crippen molar-refractivity contribution >= 4 is 39.0 Å². The van der Waals surface area contributed by atoms with E-state index in [1.807, 2.05) is 35.7 Å². The van der Waals surface area contributed by atoms with Crippen molar-refractivity contribution in [1.82, 2.24) is 9.97 Å². The molecule has 25 heavy (non-hydrogen) atoms. The van der Waals surface area contributed by atoms with Gasteiger partial charge in [-0.1, -0.05) is 12.1 Å². The van der Waals surface area contributed by atoms with Gasteiger partial charge in [0.2, 0.25) is 0 Å². The van der Waals surface area contributed by atoms with Gasteiger partial charge in [-0.25, -0.2) is 9.97 Å². The Hall–Kier alpha value is -2.51. The average Bonchev–Trinajstić information content (AvgIpc) is 3.31. The Kier molecular flexibility index (Phi) is 4.58. The van der Waals surface area contributed by atoms with Gasteiger partial charge in [-0.3, -0.25) is 4.79 Å². The molecule has 0 unspecified atom stereocenters. The van der Waals surface area contributed by atoms with Crippen LogP contribution in [0.2, 0.25) is 0 Å². The molecular formula is C18H18N4O2S. The first-order valence-electron chi connectivity index (χ1n) is 8.23. The van der Waals surface area contributed by atoms with Crippen LogP contribution in [-0.2, 0) is 16.1 Å². The summed E-state index contributed by atoms with van der Waals surface area (Å²) in [6.07, 6.45) is 2.98. The highest BCUT2D eigenvalue weighted by Gasteiger charge is 2.23. The number of rotatable bonds is 5. The summed E-state index contributed by atoms with van der Waals surface area (Å²) in [5.74, 6) is 0.749. The quantitative estimate of drug-likeness (QED) is 0.734. The van der Waals surface area contributed by atoms with E-state index in [1.54, 1.807) is 17.7 Å². The van der Waals surface area contributed by atoms with Crippen LogP contribution in [-0.4, -0.2) is 28.6 Å². The molecule has 3 heterocycles. The molecule has 1 aliphatic heterocycles. The zero-order valence-electron chi connectivity index (χ0n) is 13.6. The Morgan fingerprint density at radius 1 is 1.32 bits per heavy atom. The number of ether oxygens (including phenoxy) is 1. The Morgan fingerprint density at radius 3 is 3.16 bits per heavy atom. The van der Waals surface area contributed by atoms with Crippen LogP contribution < -0.4 is 10.6 Å². The van der Waals surface area contributed by atoms with Crippen molar-refractivity contribution in [2.24, 2.45) is 0 Å². The van der Waals surface area contributed by atoms with Gasteiger partial charge >= 0.3 is 0 Å². The fraction of sp³-hybridized carbons (Fsp3) is 0.278. The summed E-state index contributed by atoms with van der Waals surface area (Å²) in [4.78, 5) is 21.7. The maximum Gasteiger partial charge on any atom is 0.253 e. The second kappa shape index (κ2) is 7.16. The average molecular weight is 354 g/mol. The van der Waals surface area contributed by atoms with Crippen molar-refractivity contribution in [3.05, 3.63) is 47.6 Å². The minimum absolute atomic E-state index is 0.0709. The monoisotopic (exact) mass is 354 g/mol. The fourth-order valence-corrected chi connectivity index (χ4v) is 3.62. The van der Waals surface area contributed by atoms with Gasteiger partial charge in [0.05, 0.1) is 5.39 Å². The molecule has 1 saturated heterocycles. The highest BCUT2D eigenvalue weighted by atomic mass is 32.1. The zero-order valence-corrected chi connectivity index (χ0v) is 14.4. The standard InChI is InChI=1S/C18H18N4O2S/c23-17(15-5-2-7-24-15)22-13-4-1-3-12(9-13)10-19-16-14-6-8-25-18(14)21-11-20-16/h1,3-4,6,8-9,11,15H,2,5,7,10H2,(H,22,23)(H,19,20,21)/t15-/m0/s1. The molecule has 1 aliphatic rings. The van der Waals surface area contributed by atoms with Gasteiger partial charge in [0.15, 0.2) is 0 Å². The molecule has 128 valence electrons. The minimum Gasteiger partial charge on any atom is -0.368 e. The first-order chi connectivity index (χ1) is 12.3. The molecule has 0 bridgehead atoms. The van der Waals surface area contributed by atoms with E-state index in [9.17, 15) is 4.79 Å². The molecule has 0 aliphatic carbocycles. The third kappa shape index (κ3) is 3.62. The largest absolute Gasteiger partial charge is 0.368 e. The summed E-state index contributed by atoms with van der Waals surface area (Å²) >= 11 is 1.59. The second-order valence-electron chi connectivity index (χ2n) is 5.91. The van der Waals surface area contributed by atoms with Gasteiger partial charge in [-0.15, -0.1) is 11.3 Å². The van der Waals surface area contributed by atoms with Crippen molar-refractivity contribution < 1.29 is 9.53 Å². The maximum absolute atomic E-state index is 12.2. The van der Waals surface area contributed by atoms with Crippen LogP contribution in [0, 0.1) is 0 Å². The highest BCUT2D eigenvalue weighted by Crippen LogP contribution is 2.24. The Morgan fingerprint density at radius 2 is 2.28 bits per heavy atom. The van der Waals surface area contributed by atoms with Crippen LogP contribution in [0.1, 0.15) is 18.4 Å². The van der Waals surface area contributed by atoms with Crippen LogP contribution in [0.25, 0.3) is 10.2 Å². The minimum atomic E-state index is -0.324. The smallest absolute Gasteiger partial charge is 0.253 e. The maximum atomic E-state index is 12.2. The van der Waals surface area contributed by atoms with E-state index in [0.717, 1.165) is 40.1 Å². The third-order valence-corrected chi connectivity index (χ3v) is 4.96. The lowest BCUT2D eigenvalue weighted by Crippen LogP contribution is -2.26. The topological polar surface area (TPSA) is 76.1 Å². The number of anilines is 2. The van der Waals surface area contributed by atoms with E-state index in [4.69, 9.17) is 4.74 Å². The van der Waals surface area contributed by atoms with Crippen LogP contribution >= 0.6 is 11.3 Å². The Labute approximate surface area is 149 Å². The Bertz CT molecular complexity index is 889. The first-order valence-corrected chi connectivity index (χ1v) is 9.11. The molecule has 4 rings (SSSR count). The van der Waals surface area contributed by atoms with Crippen LogP contribution in [0.5, 0.6) is 0 Å². The van der Waals surface area contributed by atoms with E-state index in [1.165, 1.54) is 0 Å². The van der Waals surface area contributed by atoms with E-state index < -0.39 is 0 Å². The van der Waals surface area contributed by atoms with Crippen LogP contribution in [0.15, 0.2) is 42.0 Å². The number of benzene rings is 1. The molecule has 3 aromatic rings. The Balaban J connectivity index is 1.43. The molecule has 0 saturated carbocycles. The molecule has 1 fully saturated rings. The number of amides is 1. The van der Waals surface area contributed by atoms with Gasteiger partial charge < -0.3 is 15.4 Å². The first kappa shape index (κ1) is 16.0. The van der Waals surface area contributed by atoms with Crippen molar-refractivity contribution in [2.45, 2.75) is 25.5 Å². The second-order valence-corrected chi connectivity index (χ2v) is 6.80. The van der Waals surface area contributed by atoms with Crippen LogP contribution in [0.3, 0.4) is 0 Å². The van der Waals surface area contributed by atoms with Gasteiger partial charge in [0, 0.05) is 18.8 Å². The number of nitrogens with one attached hydrogen (secondary N) is 2. The lowest BCUT2D eigenvalue weighted by atomic mass is 10.2.